The molecule has 1 nitrogen and oxygen atoms in total. The van der Waals surface area contributed by atoms with Crippen molar-refractivity contribution in [2.45, 2.75) is 33.1 Å². The van der Waals surface area contributed by atoms with Gasteiger partial charge in [-0.15, -0.1) is 0 Å². The molecule has 1 aliphatic carbocycles. The molecule has 0 bridgehead atoms. The molecule has 2 heteroatoms. The van der Waals surface area contributed by atoms with E-state index in [4.69, 9.17) is 0 Å². The van der Waals surface area contributed by atoms with Gasteiger partial charge in [-0.1, -0.05) is 13.0 Å². The quantitative estimate of drug-likeness (QED) is 0.694. The predicted molar refractivity (Wildman–Crippen MR) is 62.0 cm³/mol. The van der Waals surface area contributed by atoms with Crippen molar-refractivity contribution in [3.8, 4) is 0 Å². The van der Waals surface area contributed by atoms with E-state index >= 15 is 0 Å². The lowest BCUT2D eigenvalue weighted by molar-refractivity contribution is 0.0919. The van der Waals surface area contributed by atoms with Crippen LogP contribution in [0.25, 0.3) is 0 Å². The monoisotopic (exact) mass is 220 g/mol. The number of carbonyl (C=O) groups excluding carboxylic acids is 1. The molecular formula is C14H17FO. The summed E-state index contributed by atoms with van der Waals surface area (Å²) in [4.78, 5) is 12.2. The van der Waals surface area contributed by atoms with Crippen molar-refractivity contribution in [1.29, 1.82) is 0 Å². The van der Waals surface area contributed by atoms with Crippen molar-refractivity contribution in [3.63, 3.8) is 0 Å². The molecule has 1 saturated carbocycles. The lowest BCUT2D eigenvalue weighted by Gasteiger charge is -2.10. The molecule has 1 aromatic carbocycles. The SMILES string of the molecule is Cc1ccc(F)cc1C(=O)C1CCC(C)C1. The van der Waals surface area contributed by atoms with E-state index in [1.54, 1.807) is 6.07 Å². The number of benzene rings is 1. The molecule has 2 unspecified atom stereocenters. The second-order valence-electron chi connectivity index (χ2n) is 4.94. The molecule has 0 aromatic heterocycles. The summed E-state index contributed by atoms with van der Waals surface area (Å²) in [6.07, 6.45) is 3.02. The number of aryl methyl sites for hydroxylation is 1. The Kier molecular flexibility index (Phi) is 3.08. The van der Waals surface area contributed by atoms with Gasteiger partial charge < -0.3 is 0 Å². The zero-order valence-corrected chi connectivity index (χ0v) is 9.79. The van der Waals surface area contributed by atoms with Gasteiger partial charge >= 0.3 is 0 Å². The highest BCUT2D eigenvalue weighted by Gasteiger charge is 2.28. The predicted octanol–water partition coefficient (Wildman–Crippen LogP) is 3.75. The van der Waals surface area contributed by atoms with E-state index in [9.17, 15) is 9.18 Å². The van der Waals surface area contributed by atoms with Crippen molar-refractivity contribution in [1.82, 2.24) is 0 Å². The molecular weight excluding hydrogens is 203 g/mol. The smallest absolute Gasteiger partial charge is 0.166 e. The molecule has 0 saturated heterocycles. The molecule has 1 aliphatic rings. The van der Waals surface area contributed by atoms with Crippen molar-refractivity contribution < 1.29 is 9.18 Å². The first-order chi connectivity index (χ1) is 7.58. The summed E-state index contributed by atoms with van der Waals surface area (Å²) < 4.78 is 13.1. The van der Waals surface area contributed by atoms with Crippen molar-refractivity contribution >= 4 is 5.78 Å². The number of halogens is 1. The van der Waals surface area contributed by atoms with Crippen LogP contribution in [-0.4, -0.2) is 5.78 Å². The first-order valence-electron chi connectivity index (χ1n) is 5.88. The Morgan fingerprint density at radius 3 is 2.75 bits per heavy atom. The van der Waals surface area contributed by atoms with Crippen LogP contribution in [-0.2, 0) is 0 Å². The van der Waals surface area contributed by atoms with Crippen LogP contribution < -0.4 is 0 Å². The van der Waals surface area contributed by atoms with E-state index in [0.717, 1.165) is 24.8 Å². The minimum absolute atomic E-state index is 0.107. The fourth-order valence-corrected chi connectivity index (χ4v) is 2.52. The lowest BCUT2D eigenvalue weighted by Crippen LogP contribution is -2.13. The van der Waals surface area contributed by atoms with E-state index in [1.165, 1.54) is 12.1 Å². The zero-order valence-electron chi connectivity index (χ0n) is 9.79. The molecule has 1 aromatic rings. The van der Waals surface area contributed by atoms with Crippen LogP contribution in [0.2, 0.25) is 0 Å². The molecule has 0 heterocycles. The largest absolute Gasteiger partial charge is 0.294 e. The molecule has 0 amide bonds. The molecule has 2 rings (SSSR count). The normalized spacial score (nSPS) is 24.7. The summed E-state index contributed by atoms with van der Waals surface area (Å²) in [5, 5.41) is 0. The Bertz CT molecular complexity index is 411. The van der Waals surface area contributed by atoms with Crippen LogP contribution in [0.4, 0.5) is 4.39 Å². The van der Waals surface area contributed by atoms with Gasteiger partial charge in [0.2, 0.25) is 0 Å². The first-order valence-corrected chi connectivity index (χ1v) is 5.88. The van der Waals surface area contributed by atoms with E-state index in [1.807, 2.05) is 6.92 Å². The molecule has 1 fully saturated rings. The second kappa shape index (κ2) is 4.36. The molecule has 0 N–H and O–H groups in total. The van der Waals surface area contributed by atoms with Crippen LogP contribution in [0.15, 0.2) is 18.2 Å². The lowest BCUT2D eigenvalue weighted by atomic mass is 9.93. The van der Waals surface area contributed by atoms with Crippen LogP contribution >= 0.6 is 0 Å². The summed E-state index contributed by atoms with van der Waals surface area (Å²) in [7, 11) is 0. The number of Topliss-reactive ketones (excluding diaryl/α,β-unsaturated/α-hetero) is 1. The van der Waals surface area contributed by atoms with Gasteiger partial charge in [0.05, 0.1) is 0 Å². The third kappa shape index (κ3) is 2.16. The maximum atomic E-state index is 13.1. The van der Waals surface area contributed by atoms with Crippen molar-refractivity contribution in [2.24, 2.45) is 11.8 Å². The van der Waals surface area contributed by atoms with Crippen molar-refractivity contribution in [2.75, 3.05) is 0 Å². The van der Waals surface area contributed by atoms with Gasteiger partial charge in [-0.3, -0.25) is 4.79 Å². The molecule has 16 heavy (non-hydrogen) atoms. The van der Waals surface area contributed by atoms with E-state index in [-0.39, 0.29) is 17.5 Å². The van der Waals surface area contributed by atoms with Crippen molar-refractivity contribution in [3.05, 3.63) is 35.1 Å². The highest BCUT2D eigenvalue weighted by atomic mass is 19.1. The topological polar surface area (TPSA) is 17.1 Å². The second-order valence-corrected chi connectivity index (χ2v) is 4.94. The number of hydrogen-bond donors (Lipinski definition) is 0. The van der Waals surface area contributed by atoms with Gasteiger partial charge in [-0.25, -0.2) is 4.39 Å². The van der Waals surface area contributed by atoms with Gasteiger partial charge in [0.15, 0.2) is 5.78 Å². The van der Waals surface area contributed by atoms with E-state index in [0.29, 0.717) is 11.5 Å². The maximum Gasteiger partial charge on any atom is 0.166 e. The number of hydrogen-bond acceptors (Lipinski definition) is 1. The Morgan fingerprint density at radius 1 is 1.38 bits per heavy atom. The minimum atomic E-state index is -0.319. The van der Waals surface area contributed by atoms with Gasteiger partial charge in [-0.05, 0) is 49.8 Å². The third-order valence-corrected chi connectivity index (χ3v) is 3.53. The molecule has 86 valence electrons. The highest BCUT2D eigenvalue weighted by Crippen LogP contribution is 2.33. The average molecular weight is 220 g/mol. The number of ketones is 1. The van der Waals surface area contributed by atoms with Crippen LogP contribution in [0.5, 0.6) is 0 Å². The molecule has 2 atom stereocenters. The molecule has 0 radical (unpaired) electrons. The van der Waals surface area contributed by atoms with Gasteiger partial charge in [0.1, 0.15) is 5.82 Å². The average Bonchev–Trinajstić information content (AvgIpc) is 2.67. The molecule has 0 aliphatic heterocycles. The van der Waals surface area contributed by atoms with E-state index < -0.39 is 0 Å². The third-order valence-electron chi connectivity index (χ3n) is 3.53. The maximum absolute atomic E-state index is 13.1. The van der Waals surface area contributed by atoms with Gasteiger partial charge in [0, 0.05) is 11.5 Å². The Balaban J connectivity index is 2.23. The van der Waals surface area contributed by atoms with Crippen LogP contribution in [0, 0.1) is 24.6 Å². The zero-order chi connectivity index (χ0) is 11.7. The number of carbonyl (C=O) groups is 1. The number of rotatable bonds is 2. The van der Waals surface area contributed by atoms with Gasteiger partial charge in [-0.2, -0.15) is 0 Å². The summed E-state index contributed by atoms with van der Waals surface area (Å²) in [5.74, 6) is 0.541. The minimum Gasteiger partial charge on any atom is -0.294 e. The summed E-state index contributed by atoms with van der Waals surface area (Å²) in [5.41, 5.74) is 1.45. The summed E-state index contributed by atoms with van der Waals surface area (Å²) >= 11 is 0. The highest BCUT2D eigenvalue weighted by molar-refractivity contribution is 5.99. The fourth-order valence-electron chi connectivity index (χ4n) is 2.52. The first kappa shape index (κ1) is 11.3. The standard InChI is InChI=1S/C14H17FO/c1-9-3-5-11(7-9)14(16)13-8-12(15)6-4-10(13)2/h4,6,8-9,11H,3,5,7H2,1-2H3. The summed E-state index contributed by atoms with van der Waals surface area (Å²) in [6, 6.07) is 4.46. The Hall–Kier alpha value is -1.18. The van der Waals surface area contributed by atoms with Gasteiger partial charge in [0.25, 0.3) is 0 Å². The Morgan fingerprint density at radius 2 is 2.12 bits per heavy atom. The van der Waals surface area contributed by atoms with Crippen LogP contribution in [0.1, 0.15) is 42.1 Å². The fraction of sp³-hybridized carbons (Fsp3) is 0.500. The Labute approximate surface area is 95.7 Å². The summed E-state index contributed by atoms with van der Waals surface area (Å²) in [6.45, 7) is 4.04. The van der Waals surface area contributed by atoms with Crippen LogP contribution in [0.3, 0.4) is 0 Å². The van der Waals surface area contributed by atoms with E-state index in [2.05, 4.69) is 6.92 Å². The molecule has 0 spiro atoms.